The first-order valence-corrected chi connectivity index (χ1v) is 6.78. The number of amides is 1. The van der Waals surface area contributed by atoms with Crippen LogP contribution >= 0.6 is 28.1 Å². The minimum Gasteiger partial charge on any atom is -0.389 e. The monoisotopic (exact) mass is 347 g/mol. The summed E-state index contributed by atoms with van der Waals surface area (Å²) < 4.78 is 14.5. The van der Waals surface area contributed by atoms with Crippen LogP contribution in [0, 0.1) is 5.82 Å². The maximum atomic E-state index is 14.3. The first-order chi connectivity index (χ1) is 8.75. The molecule has 1 rings (SSSR count). The number of hydrogen-bond acceptors (Lipinski definition) is 3. The summed E-state index contributed by atoms with van der Waals surface area (Å²) in [6, 6.07) is 3.07. The number of primary amides is 1. The first kappa shape index (κ1) is 15.8. The number of rotatable bonds is 5. The summed E-state index contributed by atoms with van der Waals surface area (Å²) in [5.41, 5.74) is 11.4. The van der Waals surface area contributed by atoms with Gasteiger partial charge in [-0.25, -0.2) is 4.39 Å². The van der Waals surface area contributed by atoms with Gasteiger partial charge in [0.15, 0.2) is 5.82 Å². The van der Waals surface area contributed by atoms with Gasteiger partial charge in [-0.2, -0.15) is 0 Å². The predicted octanol–water partition coefficient (Wildman–Crippen LogP) is 1.92. The lowest BCUT2D eigenvalue weighted by atomic mass is 10.1. The van der Waals surface area contributed by atoms with Crippen LogP contribution in [0.25, 0.3) is 0 Å². The average Bonchev–Trinajstić information content (AvgIpc) is 2.29. The molecular weight excluding hydrogens is 333 g/mol. The van der Waals surface area contributed by atoms with E-state index >= 15 is 0 Å². The highest BCUT2D eigenvalue weighted by atomic mass is 79.9. The maximum Gasteiger partial charge on any atom is 0.236 e. The van der Waals surface area contributed by atoms with Crippen molar-refractivity contribution < 1.29 is 9.18 Å². The molecule has 0 atom stereocenters. The fourth-order valence-electron chi connectivity index (χ4n) is 1.67. The van der Waals surface area contributed by atoms with Crippen LogP contribution < -0.4 is 16.4 Å². The predicted molar refractivity (Wildman–Crippen MR) is 81.7 cm³/mol. The highest BCUT2D eigenvalue weighted by molar-refractivity contribution is 9.10. The van der Waals surface area contributed by atoms with Gasteiger partial charge in [-0.15, -0.1) is 0 Å². The van der Waals surface area contributed by atoms with Crippen molar-refractivity contribution in [1.29, 1.82) is 0 Å². The summed E-state index contributed by atoms with van der Waals surface area (Å²) >= 11 is 7.96. The van der Waals surface area contributed by atoms with Gasteiger partial charge in [0.1, 0.15) is 4.99 Å². The molecule has 1 aromatic carbocycles. The Kier molecular flexibility index (Phi) is 5.25. The Balaban J connectivity index is 3.29. The lowest BCUT2D eigenvalue weighted by Crippen LogP contribution is -2.39. The molecule has 0 saturated heterocycles. The van der Waals surface area contributed by atoms with Crippen LogP contribution in [0.15, 0.2) is 16.6 Å². The van der Waals surface area contributed by atoms with E-state index in [1.165, 1.54) is 6.07 Å². The Hall–Kier alpha value is -1.21. The molecule has 7 heteroatoms. The lowest BCUT2D eigenvalue weighted by Gasteiger charge is -2.28. The molecule has 0 heterocycles. The average molecular weight is 348 g/mol. The number of hydrogen-bond donors (Lipinski definition) is 2. The van der Waals surface area contributed by atoms with Gasteiger partial charge in [0.05, 0.1) is 16.7 Å². The summed E-state index contributed by atoms with van der Waals surface area (Å²) in [5.74, 6) is -1.04. The highest BCUT2D eigenvalue weighted by Gasteiger charge is 2.20. The Morgan fingerprint density at radius 3 is 2.47 bits per heavy atom. The standard InChI is InChI=1S/C12H15BrFN3OS/c1-6(2)17(5-9(15)18)8-4-3-7(12(16)19)10(13)11(8)14/h3-4,6H,5H2,1-2H3,(H2,15,18)(H2,16,19). The smallest absolute Gasteiger partial charge is 0.236 e. The van der Waals surface area contributed by atoms with Gasteiger partial charge in [0, 0.05) is 11.6 Å². The zero-order valence-corrected chi connectivity index (χ0v) is 13.0. The van der Waals surface area contributed by atoms with Crippen molar-refractivity contribution in [1.82, 2.24) is 0 Å². The number of nitrogens with zero attached hydrogens (tertiary/aromatic N) is 1. The second-order valence-corrected chi connectivity index (χ2v) is 5.55. The van der Waals surface area contributed by atoms with Crippen LogP contribution in [0.3, 0.4) is 0 Å². The second kappa shape index (κ2) is 6.29. The molecule has 0 spiro atoms. The third-order valence-corrected chi connectivity index (χ3v) is 3.58. The molecule has 1 aromatic rings. The van der Waals surface area contributed by atoms with Crippen LogP contribution in [0.5, 0.6) is 0 Å². The molecule has 4 nitrogen and oxygen atoms in total. The van der Waals surface area contributed by atoms with E-state index in [9.17, 15) is 9.18 Å². The number of carbonyl (C=O) groups excluding carboxylic acids is 1. The van der Waals surface area contributed by atoms with Crippen molar-refractivity contribution >= 4 is 44.7 Å². The number of anilines is 1. The van der Waals surface area contributed by atoms with Gasteiger partial charge in [0.25, 0.3) is 0 Å². The Morgan fingerprint density at radius 1 is 1.47 bits per heavy atom. The summed E-state index contributed by atoms with van der Waals surface area (Å²) in [7, 11) is 0. The number of nitrogens with two attached hydrogens (primary N) is 2. The number of benzene rings is 1. The minimum absolute atomic E-state index is 0.0621. The molecule has 0 aliphatic carbocycles. The summed E-state index contributed by atoms with van der Waals surface area (Å²) in [5, 5.41) is 0. The fraction of sp³-hybridized carbons (Fsp3) is 0.333. The summed E-state index contributed by atoms with van der Waals surface area (Å²) in [6.07, 6.45) is 0. The van der Waals surface area contributed by atoms with Crippen molar-refractivity contribution in [3.05, 3.63) is 28.0 Å². The van der Waals surface area contributed by atoms with E-state index in [-0.39, 0.29) is 27.7 Å². The normalized spacial score (nSPS) is 10.6. The largest absolute Gasteiger partial charge is 0.389 e. The van der Waals surface area contributed by atoms with Crippen LogP contribution in [0.1, 0.15) is 19.4 Å². The van der Waals surface area contributed by atoms with Crippen LogP contribution in [0.4, 0.5) is 10.1 Å². The molecular formula is C12H15BrFN3OS. The third kappa shape index (κ3) is 3.63. The number of carbonyl (C=O) groups is 1. The molecule has 19 heavy (non-hydrogen) atoms. The van der Waals surface area contributed by atoms with Crippen molar-refractivity contribution in [2.75, 3.05) is 11.4 Å². The van der Waals surface area contributed by atoms with Crippen molar-refractivity contribution in [2.45, 2.75) is 19.9 Å². The SMILES string of the molecule is CC(C)N(CC(N)=O)c1ccc(C(N)=S)c(Br)c1F. The molecule has 0 aliphatic rings. The lowest BCUT2D eigenvalue weighted by molar-refractivity contribution is -0.116. The molecule has 104 valence electrons. The molecule has 0 saturated carbocycles. The molecule has 0 aromatic heterocycles. The maximum absolute atomic E-state index is 14.3. The van der Waals surface area contributed by atoms with E-state index in [1.54, 1.807) is 11.0 Å². The number of thiocarbonyl (C=S) groups is 1. The van der Waals surface area contributed by atoms with Gasteiger partial charge < -0.3 is 16.4 Å². The minimum atomic E-state index is -0.525. The summed E-state index contributed by atoms with van der Waals surface area (Å²) in [6.45, 7) is 3.63. The van der Waals surface area contributed by atoms with Crippen molar-refractivity contribution in [3.8, 4) is 0 Å². The van der Waals surface area contributed by atoms with Crippen molar-refractivity contribution in [2.24, 2.45) is 11.5 Å². The van der Waals surface area contributed by atoms with Gasteiger partial charge in [-0.05, 0) is 41.9 Å². The van der Waals surface area contributed by atoms with Gasteiger partial charge >= 0.3 is 0 Å². The highest BCUT2D eigenvalue weighted by Crippen LogP contribution is 2.30. The van der Waals surface area contributed by atoms with Crippen LogP contribution in [0.2, 0.25) is 0 Å². The van der Waals surface area contributed by atoms with Crippen molar-refractivity contribution in [3.63, 3.8) is 0 Å². The molecule has 0 aliphatic heterocycles. The van der Waals surface area contributed by atoms with E-state index in [2.05, 4.69) is 15.9 Å². The first-order valence-electron chi connectivity index (χ1n) is 5.58. The third-order valence-electron chi connectivity index (χ3n) is 2.59. The molecule has 0 radical (unpaired) electrons. The second-order valence-electron chi connectivity index (χ2n) is 4.31. The zero-order chi connectivity index (χ0) is 14.7. The molecule has 0 bridgehead atoms. The van der Waals surface area contributed by atoms with Crippen LogP contribution in [-0.2, 0) is 4.79 Å². The molecule has 1 amide bonds. The molecule has 4 N–H and O–H groups in total. The zero-order valence-electron chi connectivity index (χ0n) is 10.6. The van der Waals surface area contributed by atoms with Gasteiger partial charge in [-0.1, -0.05) is 12.2 Å². The van der Waals surface area contributed by atoms with Crippen LogP contribution in [-0.4, -0.2) is 23.5 Å². The Morgan fingerprint density at radius 2 is 2.05 bits per heavy atom. The Labute approximate surface area is 125 Å². The molecule has 0 unspecified atom stereocenters. The van der Waals surface area contributed by atoms with E-state index in [1.807, 2.05) is 13.8 Å². The van der Waals surface area contributed by atoms with E-state index in [0.29, 0.717) is 5.56 Å². The fourth-order valence-corrected chi connectivity index (χ4v) is 2.52. The van der Waals surface area contributed by atoms with E-state index in [0.717, 1.165) is 0 Å². The topological polar surface area (TPSA) is 72.3 Å². The summed E-state index contributed by atoms with van der Waals surface area (Å²) in [4.78, 5) is 12.7. The quantitative estimate of drug-likeness (QED) is 0.798. The Bertz CT molecular complexity index is 522. The van der Waals surface area contributed by atoms with E-state index in [4.69, 9.17) is 23.7 Å². The number of halogens is 2. The van der Waals surface area contributed by atoms with Gasteiger partial charge in [0.2, 0.25) is 5.91 Å². The van der Waals surface area contributed by atoms with Gasteiger partial charge in [-0.3, -0.25) is 4.79 Å². The molecule has 0 fully saturated rings. The van der Waals surface area contributed by atoms with E-state index < -0.39 is 11.7 Å².